The quantitative estimate of drug-likeness (QED) is 0.150. The fourth-order valence-electron chi connectivity index (χ4n) is 4.50. The number of benzene rings is 2. The highest BCUT2D eigenvalue weighted by atomic mass is 35.5. The molecule has 9 nitrogen and oxygen atoms in total. The van der Waals surface area contributed by atoms with Gasteiger partial charge in [-0.15, -0.1) is 0 Å². The predicted octanol–water partition coefficient (Wildman–Crippen LogP) is 4.87. The third kappa shape index (κ3) is 8.20. The Morgan fingerprint density at radius 1 is 1.17 bits per heavy atom. The number of halogens is 1. The topological polar surface area (TPSA) is 125 Å². The molecule has 1 heterocycles. The lowest BCUT2D eigenvalue weighted by atomic mass is 9.97. The Hall–Kier alpha value is -2.70. The van der Waals surface area contributed by atoms with Crippen LogP contribution in [-0.2, 0) is 40.4 Å². The molecule has 0 aliphatic rings. The van der Waals surface area contributed by atoms with Gasteiger partial charge in [-0.2, -0.15) is 12.6 Å². The molecule has 0 aliphatic carbocycles. The van der Waals surface area contributed by atoms with Crippen LogP contribution >= 0.6 is 24.2 Å². The number of unbranched alkanes of at least 4 members (excludes halogenated alkanes) is 1. The molecule has 2 atom stereocenters. The molecule has 2 unspecified atom stereocenters. The molecule has 0 radical (unpaired) electrons. The predicted molar refractivity (Wildman–Crippen MR) is 166 cm³/mol. The summed E-state index contributed by atoms with van der Waals surface area (Å²) in [5.41, 5.74) is 3.04. The van der Waals surface area contributed by atoms with E-state index in [1.807, 2.05) is 42.7 Å². The Kier molecular flexibility index (Phi) is 12.4. The maximum Gasteiger partial charge on any atom is 0.269 e. The van der Waals surface area contributed by atoms with E-state index in [4.69, 9.17) is 11.6 Å². The van der Waals surface area contributed by atoms with Gasteiger partial charge in [0.1, 0.15) is 5.82 Å². The van der Waals surface area contributed by atoms with Crippen LogP contribution in [0.15, 0.2) is 48.5 Å². The van der Waals surface area contributed by atoms with Crippen LogP contribution in [0.1, 0.15) is 50.7 Å². The Morgan fingerprint density at radius 2 is 1.85 bits per heavy atom. The Bertz CT molecular complexity index is 1360. The van der Waals surface area contributed by atoms with Crippen molar-refractivity contribution in [1.82, 2.24) is 14.9 Å². The molecule has 3 N–H and O–H groups in total. The summed E-state index contributed by atoms with van der Waals surface area (Å²) in [6.45, 7) is 5.68. The van der Waals surface area contributed by atoms with Crippen LogP contribution in [0.4, 0.5) is 5.69 Å². The number of carbonyl (C=O) groups excluding carboxylic acids is 2. The van der Waals surface area contributed by atoms with E-state index in [1.165, 1.54) is 0 Å². The first-order valence-corrected chi connectivity index (χ1v) is 15.6. The number of aliphatic hydroxyl groups excluding tert-OH is 1. The molecule has 2 amide bonds. The van der Waals surface area contributed by atoms with Crippen LogP contribution in [0, 0.1) is 11.8 Å². The highest BCUT2D eigenvalue weighted by Gasteiger charge is 2.27. The molecule has 12 heteroatoms. The lowest BCUT2D eigenvalue weighted by Gasteiger charge is -2.23. The second-order valence-corrected chi connectivity index (χ2v) is 11.5. The number of nitrogens with one attached hydrogen (secondary N) is 1. The molecule has 0 fully saturated rings. The van der Waals surface area contributed by atoms with Gasteiger partial charge in [0, 0.05) is 30.2 Å². The molecule has 222 valence electrons. The zero-order valence-corrected chi connectivity index (χ0v) is 25.9. The minimum absolute atomic E-state index is 0.0262. The zero-order valence-electron chi connectivity index (χ0n) is 23.4. The summed E-state index contributed by atoms with van der Waals surface area (Å²) in [5, 5.41) is 12.7. The molecule has 41 heavy (non-hydrogen) atoms. The van der Waals surface area contributed by atoms with Gasteiger partial charge in [-0.05, 0) is 29.5 Å². The number of thiol groups is 1. The molecular weight excluding hydrogens is 584 g/mol. The second-order valence-electron chi connectivity index (χ2n) is 10.00. The summed E-state index contributed by atoms with van der Waals surface area (Å²) in [6.07, 6.45) is 2.70. The Labute approximate surface area is 254 Å². The van der Waals surface area contributed by atoms with E-state index in [1.54, 1.807) is 24.3 Å². The number of anilines is 1. The molecule has 1 aromatic heterocycles. The van der Waals surface area contributed by atoms with E-state index in [9.17, 15) is 23.5 Å². The first-order chi connectivity index (χ1) is 19.6. The highest BCUT2D eigenvalue weighted by Crippen LogP contribution is 2.32. The van der Waals surface area contributed by atoms with Gasteiger partial charge in [0.05, 0.1) is 24.5 Å². The van der Waals surface area contributed by atoms with Crippen molar-refractivity contribution in [2.75, 3.05) is 16.6 Å². The number of amides is 2. The van der Waals surface area contributed by atoms with Crippen molar-refractivity contribution >= 4 is 53.0 Å². The summed E-state index contributed by atoms with van der Waals surface area (Å²) in [5.74, 6) is -0.286. The van der Waals surface area contributed by atoms with E-state index >= 15 is 0 Å². The molecule has 0 saturated heterocycles. The van der Waals surface area contributed by atoms with E-state index in [2.05, 4.69) is 29.9 Å². The number of imidazole rings is 1. The summed E-state index contributed by atoms with van der Waals surface area (Å²) in [4.78, 5) is 30.0. The summed E-state index contributed by atoms with van der Waals surface area (Å²) >= 11 is 7.83. The Balaban J connectivity index is 1.85. The van der Waals surface area contributed by atoms with Gasteiger partial charge in [0.15, 0.2) is 5.15 Å². The maximum absolute atomic E-state index is 13.1. The molecule has 2 aromatic carbocycles. The van der Waals surface area contributed by atoms with Gasteiger partial charge in [-0.1, -0.05) is 81.3 Å². The van der Waals surface area contributed by atoms with Crippen LogP contribution < -0.4 is 9.62 Å². The first kappa shape index (κ1) is 32.8. The van der Waals surface area contributed by atoms with E-state index in [-0.39, 0.29) is 30.0 Å². The third-order valence-corrected chi connectivity index (χ3v) is 8.28. The largest absolute Gasteiger partial charge is 0.390 e. The minimum atomic E-state index is -2.67. The number of hydrogen-bond acceptors (Lipinski definition) is 6. The lowest BCUT2D eigenvalue weighted by Crippen LogP contribution is -2.44. The summed E-state index contributed by atoms with van der Waals surface area (Å²) in [6, 6.07) is 14.3. The number of aliphatic hydroxyl groups is 1. The number of carbonyl (C=O) groups is 2. The van der Waals surface area contributed by atoms with Crippen LogP contribution in [0.3, 0.4) is 0 Å². The van der Waals surface area contributed by atoms with Crippen molar-refractivity contribution in [2.24, 2.45) is 11.8 Å². The smallest absolute Gasteiger partial charge is 0.269 e. The summed E-state index contributed by atoms with van der Waals surface area (Å²) in [7, 11) is 0. The number of para-hydroxylation sites is 1. The molecular formula is C29H37ClN4O5S2. The average molecular weight is 621 g/mol. The fourth-order valence-corrected chi connectivity index (χ4v) is 5.92. The van der Waals surface area contributed by atoms with Crippen molar-refractivity contribution in [3.63, 3.8) is 0 Å². The van der Waals surface area contributed by atoms with Gasteiger partial charge in [0.2, 0.25) is 5.91 Å². The monoisotopic (exact) mass is 620 g/mol. The van der Waals surface area contributed by atoms with Gasteiger partial charge < -0.3 is 15.0 Å². The van der Waals surface area contributed by atoms with E-state index in [0.717, 1.165) is 40.5 Å². The van der Waals surface area contributed by atoms with Crippen LogP contribution in [0.2, 0.25) is 5.15 Å². The summed E-state index contributed by atoms with van der Waals surface area (Å²) < 4.78 is 25.1. The Morgan fingerprint density at radius 3 is 2.44 bits per heavy atom. The van der Waals surface area contributed by atoms with Crippen molar-refractivity contribution in [2.45, 2.75) is 53.2 Å². The number of nitrogens with zero attached hydrogens (tertiary/aromatic N) is 3. The SMILES string of the molecule is CCCCc1nc(Cl)c(CO)n1Cc1ccc(-c2ccccc2N(C(=O)CNC(=O)C(CS)C(C)C)S(=O)O)cc1. The van der Waals surface area contributed by atoms with Crippen LogP contribution in [-0.4, -0.2) is 47.5 Å². The zero-order chi connectivity index (χ0) is 30.1. The molecule has 3 rings (SSSR count). The lowest BCUT2D eigenvalue weighted by molar-refractivity contribution is -0.128. The maximum atomic E-state index is 13.1. The average Bonchev–Trinajstić information content (AvgIpc) is 3.24. The molecule has 0 saturated carbocycles. The van der Waals surface area contributed by atoms with Gasteiger partial charge in [-0.25, -0.2) is 13.5 Å². The van der Waals surface area contributed by atoms with E-state index < -0.39 is 23.7 Å². The number of hydrogen-bond donors (Lipinski definition) is 4. The van der Waals surface area contributed by atoms with Gasteiger partial charge in [-0.3, -0.25) is 14.1 Å². The molecule has 0 spiro atoms. The van der Waals surface area contributed by atoms with Crippen LogP contribution in [0.5, 0.6) is 0 Å². The normalized spacial score (nSPS) is 12.8. The first-order valence-electron chi connectivity index (χ1n) is 13.5. The van der Waals surface area contributed by atoms with Crippen molar-refractivity contribution in [3.8, 4) is 11.1 Å². The number of aromatic nitrogens is 2. The van der Waals surface area contributed by atoms with Gasteiger partial charge in [0.25, 0.3) is 17.2 Å². The molecule has 0 aliphatic heterocycles. The van der Waals surface area contributed by atoms with E-state index in [0.29, 0.717) is 28.7 Å². The van der Waals surface area contributed by atoms with Crippen molar-refractivity contribution in [1.29, 1.82) is 0 Å². The standard InChI is InChI=1S/C29H37ClN4O5S2/c1-4-5-10-26-32-28(30)25(17-35)33(26)16-20-11-13-21(14-12-20)22-8-6-7-9-24(22)34(41(38)39)27(36)15-31-29(37)23(18-40)19(2)3/h6-9,11-14,19,23,35,40H,4-5,10,15-18H2,1-3H3,(H,31,37)(H,38,39). The molecule has 3 aromatic rings. The van der Waals surface area contributed by atoms with Crippen molar-refractivity contribution in [3.05, 3.63) is 70.8 Å². The minimum Gasteiger partial charge on any atom is -0.390 e. The second kappa shape index (κ2) is 15.5. The third-order valence-electron chi connectivity index (χ3n) is 6.87. The fraction of sp³-hybridized carbons (Fsp3) is 0.414. The number of rotatable bonds is 14. The number of aryl methyl sites for hydroxylation is 1. The van der Waals surface area contributed by atoms with Crippen LogP contribution in [0.25, 0.3) is 11.1 Å². The molecule has 0 bridgehead atoms. The van der Waals surface area contributed by atoms with Crippen molar-refractivity contribution < 1.29 is 23.5 Å². The van der Waals surface area contributed by atoms with Gasteiger partial charge >= 0.3 is 0 Å². The highest BCUT2D eigenvalue weighted by molar-refractivity contribution is 7.81.